The van der Waals surface area contributed by atoms with E-state index in [9.17, 15) is 4.39 Å². The van der Waals surface area contributed by atoms with Crippen molar-refractivity contribution in [1.29, 1.82) is 0 Å². The van der Waals surface area contributed by atoms with Crippen LogP contribution in [0.5, 0.6) is 0 Å². The molecule has 5 heteroatoms. The van der Waals surface area contributed by atoms with E-state index >= 15 is 0 Å². The molecule has 33 heavy (non-hydrogen) atoms. The Morgan fingerprint density at radius 1 is 1.06 bits per heavy atom. The Labute approximate surface area is 193 Å². The molecule has 0 bridgehead atoms. The van der Waals surface area contributed by atoms with Crippen LogP contribution in [0.4, 0.5) is 4.39 Å². The summed E-state index contributed by atoms with van der Waals surface area (Å²) < 4.78 is 19.3. The van der Waals surface area contributed by atoms with Crippen LogP contribution in [0.25, 0.3) is 28.0 Å². The molecular formula is C28H28FN3O. The van der Waals surface area contributed by atoms with Gasteiger partial charge in [-0.05, 0) is 43.2 Å². The monoisotopic (exact) mass is 441 g/mol. The maximum Gasteiger partial charge on any atom is 0.230 e. The van der Waals surface area contributed by atoms with E-state index in [2.05, 4.69) is 21.9 Å². The molecule has 1 aliphatic carbocycles. The van der Waals surface area contributed by atoms with Crippen LogP contribution >= 0.6 is 0 Å². The first-order valence-electron chi connectivity index (χ1n) is 11.3. The summed E-state index contributed by atoms with van der Waals surface area (Å²) in [6.07, 6.45) is 7.89. The van der Waals surface area contributed by atoms with Crippen LogP contribution in [0.1, 0.15) is 44.4 Å². The van der Waals surface area contributed by atoms with Gasteiger partial charge in [-0.3, -0.25) is 4.99 Å². The van der Waals surface area contributed by atoms with Crippen LogP contribution in [0, 0.1) is 11.7 Å². The molecule has 2 heterocycles. The molecule has 0 aliphatic heterocycles. The molecular weight excluding hydrogens is 413 g/mol. The number of allylic oxidation sites excluding steroid dienone is 2. The average molecular weight is 442 g/mol. The van der Waals surface area contributed by atoms with Crippen molar-refractivity contribution in [1.82, 2.24) is 9.97 Å². The molecule has 0 N–H and O–H groups in total. The third kappa shape index (κ3) is 5.08. The van der Waals surface area contributed by atoms with Crippen molar-refractivity contribution >= 4 is 22.4 Å². The molecule has 4 aromatic rings. The van der Waals surface area contributed by atoms with Crippen molar-refractivity contribution in [2.24, 2.45) is 10.9 Å². The highest BCUT2D eigenvalue weighted by atomic mass is 19.1. The molecule has 1 aliphatic rings. The van der Waals surface area contributed by atoms with Gasteiger partial charge in [0.05, 0.1) is 16.8 Å². The maximum absolute atomic E-state index is 13.3. The van der Waals surface area contributed by atoms with Crippen molar-refractivity contribution in [2.75, 3.05) is 7.05 Å². The lowest BCUT2D eigenvalue weighted by molar-refractivity contribution is 0.346. The van der Waals surface area contributed by atoms with E-state index in [1.807, 2.05) is 49.4 Å². The largest absolute Gasteiger partial charge is 0.438 e. The van der Waals surface area contributed by atoms with Gasteiger partial charge in [-0.2, -0.15) is 0 Å². The molecule has 5 rings (SSSR count). The number of halogens is 1. The van der Waals surface area contributed by atoms with Crippen molar-refractivity contribution in [2.45, 2.75) is 33.1 Å². The summed E-state index contributed by atoms with van der Waals surface area (Å²) in [7, 11) is 1.71. The summed E-state index contributed by atoms with van der Waals surface area (Å²) in [5.74, 6) is 1.51. The molecule has 1 saturated carbocycles. The summed E-state index contributed by atoms with van der Waals surface area (Å²) in [6.45, 7) is 4.24. The lowest BCUT2D eigenvalue weighted by atomic mass is 9.88. The highest BCUT2D eigenvalue weighted by Crippen LogP contribution is 2.31. The van der Waals surface area contributed by atoms with Crippen LogP contribution in [0.15, 0.2) is 82.5 Å². The van der Waals surface area contributed by atoms with Crippen LogP contribution in [-0.2, 0) is 0 Å². The minimum Gasteiger partial charge on any atom is -0.438 e. The first kappa shape index (κ1) is 22.6. The molecule has 168 valence electrons. The van der Waals surface area contributed by atoms with E-state index < -0.39 is 0 Å². The first-order chi connectivity index (χ1) is 16.1. The number of aliphatic imine (C=N–C) groups is 1. The quantitative estimate of drug-likeness (QED) is 0.311. The number of hydrogen-bond acceptors (Lipinski definition) is 4. The molecule has 2 aromatic carbocycles. The van der Waals surface area contributed by atoms with E-state index in [0.29, 0.717) is 5.71 Å². The van der Waals surface area contributed by atoms with Gasteiger partial charge in [0, 0.05) is 23.7 Å². The van der Waals surface area contributed by atoms with Crippen molar-refractivity contribution in [3.05, 3.63) is 90.1 Å². The first-order valence-corrected chi connectivity index (χ1v) is 11.3. The normalized spacial score (nSPS) is 14.5. The molecule has 0 spiro atoms. The van der Waals surface area contributed by atoms with Crippen molar-refractivity contribution < 1.29 is 8.81 Å². The van der Waals surface area contributed by atoms with Crippen LogP contribution in [-0.4, -0.2) is 22.7 Å². The Morgan fingerprint density at radius 2 is 1.76 bits per heavy atom. The van der Waals surface area contributed by atoms with E-state index in [1.54, 1.807) is 19.2 Å². The number of fused-ring (bicyclic) bond motifs is 1. The Hall–Kier alpha value is -3.60. The minimum absolute atomic E-state index is 0.284. The Bertz CT molecular complexity index is 1270. The number of benzene rings is 2. The Kier molecular flexibility index (Phi) is 7.08. The smallest absolute Gasteiger partial charge is 0.230 e. The second kappa shape index (κ2) is 10.3. The van der Waals surface area contributed by atoms with E-state index in [4.69, 9.17) is 4.42 Å². The van der Waals surface area contributed by atoms with Gasteiger partial charge in [-0.15, -0.1) is 0 Å². The highest BCUT2D eigenvalue weighted by molar-refractivity contribution is 6.32. The molecule has 0 unspecified atom stereocenters. The van der Waals surface area contributed by atoms with Gasteiger partial charge < -0.3 is 4.42 Å². The van der Waals surface area contributed by atoms with Crippen LogP contribution in [0.2, 0.25) is 0 Å². The van der Waals surface area contributed by atoms with Gasteiger partial charge in [0.25, 0.3) is 0 Å². The Balaban J connectivity index is 0.000000459. The molecule has 0 saturated heterocycles. The fourth-order valence-corrected chi connectivity index (χ4v) is 3.83. The fraction of sp³-hybridized carbons (Fsp3) is 0.250. The predicted octanol–water partition coefficient (Wildman–Crippen LogP) is 7.36. The maximum atomic E-state index is 13.3. The molecule has 1 fully saturated rings. The van der Waals surface area contributed by atoms with Crippen molar-refractivity contribution in [3.8, 4) is 11.3 Å². The van der Waals surface area contributed by atoms with Gasteiger partial charge >= 0.3 is 0 Å². The Morgan fingerprint density at radius 3 is 2.33 bits per heavy atom. The zero-order valence-corrected chi connectivity index (χ0v) is 19.3. The van der Waals surface area contributed by atoms with Crippen LogP contribution < -0.4 is 0 Å². The summed E-state index contributed by atoms with van der Waals surface area (Å²) in [6, 6.07) is 18.1. The fourth-order valence-electron chi connectivity index (χ4n) is 3.83. The van der Waals surface area contributed by atoms with Crippen molar-refractivity contribution in [3.63, 3.8) is 0 Å². The molecule has 2 aromatic heterocycles. The summed E-state index contributed by atoms with van der Waals surface area (Å²) in [5, 5.41) is 0.803. The standard InChI is InChI=1S/C23H18FN3O.C5H10/c1-3-18(21(25-2)16-9-11-17(24)12-10-16)22-19-13-20(15-7-5-4-6-8-15)28-23(19)27-14-26-22;1-5-3-2-4-5/h3-14H,1-2H3;5H,2-4H2,1H3/b18-3+,25-21?;. The molecule has 0 atom stereocenters. The molecule has 4 nitrogen and oxygen atoms in total. The second-order valence-corrected chi connectivity index (χ2v) is 8.24. The third-order valence-corrected chi connectivity index (χ3v) is 5.92. The lowest BCUT2D eigenvalue weighted by Gasteiger charge is -2.18. The van der Waals surface area contributed by atoms with E-state index in [1.165, 1.54) is 37.7 Å². The topological polar surface area (TPSA) is 51.3 Å². The van der Waals surface area contributed by atoms with Gasteiger partial charge in [0.2, 0.25) is 5.71 Å². The zero-order valence-electron chi connectivity index (χ0n) is 19.3. The number of nitrogens with zero attached hydrogens (tertiary/aromatic N) is 3. The average Bonchev–Trinajstić information content (AvgIpc) is 3.28. The van der Waals surface area contributed by atoms with E-state index in [0.717, 1.165) is 45.2 Å². The number of furan rings is 1. The summed E-state index contributed by atoms with van der Waals surface area (Å²) in [4.78, 5) is 13.2. The van der Waals surface area contributed by atoms with Crippen LogP contribution in [0.3, 0.4) is 0 Å². The lowest BCUT2D eigenvalue weighted by Crippen LogP contribution is -2.06. The van der Waals surface area contributed by atoms with Gasteiger partial charge in [0.15, 0.2) is 0 Å². The molecule has 0 amide bonds. The second-order valence-electron chi connectivity index (χ2n) is 8.24. The highest BCUT2D eigenvalue weighted by Gasteiger charge is 2.18. The van der Waals surface area contributed by atoms with E-state index in [-0.39, 0.29) is 5.82 Å². The molecule has 0 radical (unpaired) electrons. The minimum atomic E-state index is -0.284. The van der Waals surface area contributed by atoms with Gasteiger partial charge in [-0.1, -0.05) is 62.6 Å². The zero-order chi connectivity index (χ0) is 23.2. The van der Waals surface area contributed by atoms with Gasteiger partial charge in [0.1, 0.15) is 17.9 Å². The third-order valence-electron chi connectivity index (χ3n) is 5.92. The number of hydrogen-bond donors (Lipinski definition) is 0. The van der Waals surface area contributed by atoms with Gasteiger partial charge in [-0.25, -0.2) is 14.4 Å². The SMILES string of the molecule is C/C=C(\C(=NC)c1ccc(F)cc1)c1ncnc2oc(-c3ccccc3)cc12.CC1CCC1. The number of aromatic nitrogens is 2. The summed E-state index contributed by atoms with van der Waals surface area (Å²) in [5.41, 5.74) is 4.58. The summed E-state index contributed by atoms with van der Waals surface area (Å²) >= 11 is 0. The number of rotatable bonds is 4. The predicted molar refractivity (Wildman–Crippen MR) is 133 cm³/mol.